The predicted molar refractivity (Wildman–Crippen MR) is 126 cm³/mol. The van der Waals surface area contributed by atoms with Gasteiger partial charge in [-0.25, -0.2) is 32.3 Å². The molecule has 9 nitrogen and oxygen atoms in total. The van der Waals surface area contributed by atoms with E-state index in [4.69, 9.17) is 9.47 Å². The van der Waals surface area contributed by atoms with Crippen molar-refractivity contribution in [2.45, 2.75) is 88.6 Å². The van der Waals surface area contributed by atoms with Gasteiger partial charge in [-0.3, -0.25) is 4.90 Å². The zero-order chi connectivity index (χ0) is 24.7. The Morgan fingerprint density at radius 1 is 1.35 bits per heavy atom. The Balaban J connectivity index is 1.41. The van der Waals surface area contributed by atoms with Crippen molar-refractivity contribution >= 4 is 32.0 Å². The molecule has 2 heterocycles. The second-order valence-corrected chi connectivity index (χ2v) is 12.6. The molecule has 3 aliphatic rings. The molecule has 0 spiro atoms. The van der Waals surface area contributed by atoms with Crippen molar-refractivity contribution in [3.8, 4) is 0 Å². The summed E-state index contributed by atoms with van der Waals surface area (Å²) < 4.78 is 51.8. The highest BCUT2D eigenvalue weighted by Crippen LogP contribution is 2.61. The van der Waals surface area contributed by atoms with Crippen LogP contribution in [0.4, 0.5) is 9.18 Å². The Labute approximate surface area is 208 Å². The summed E-state index contributed by atoms with van der Waals surface area (Å²) in [7, 11) is -4.09. The summed E-state index contributed by atoms with van der Waals surface area (Å²) >= 11 is 3.38. The summed E-state index contributed by atoms with van der Waals surface area (Å²) in [6.45, 7) is 5.49. The van der Waals surface area contributed by atoms with E-state index in [0.29, 0.717) is 12.3 Å². The topological polar surface area (TPSA) is 111 Å². The van der Waals surface area contributed by atoms with Crippen LogP contribution in [0.3, 0.4) is 0 Å². The summed E-state index contributed by atoms with van der Waals surface area (Å²) in [6, 6.07) is -3.01. The normalized spacial score (nSPS) is 33.1. The van der Waals surface area contributed by atoms with E-state index < -0.39 is 34.2 Å². The van der Waals surface area contributed by atoms with Crippen LogP contribution in [0, 0.1) is 5.92 Å². The molecule has 2 aliphatic carbocycles. The molecular weight excluding hydrogens is 531 g/mol. The summed E-state index contributed by atoms with van der Waals surface area (Å²) in [4.78, 5) is 23.3. The number of ether oxygens (including phenoxy) is 2. The lowest BCUT2D eigenvalue weighted by Crippen LogP contribution is -2.51. The Hall–Kier alpha value is -1.37. The van der Waals surface area contributed by atoms with Crippen LogP contribution >= 0.6 is 15.9 Å². The molecule has 6 atom stereocenters. The van der Waals surface area contributed by atoms with E-state index in [9.17, 15) is 17.6 Å². The summed E-state index contributed by atoms with van der Waals surface area (Å²) in [5.74, 6) is 1.32. The maximum absolute atomic E-state index is 13.0. The molecule has 0 unspecified atom stereocenters. The maximum Gasteiger partial charge on any atom is 0.410 e. The van der Waals surface area contributed by atoms with E-state index in [1.54, 1.807) is 26.2 Å². The molecule has 1 aromatic heterocycles. The summed E-state index contributed by atoms with van der Waals surface area (Å²) in [5, 5.41) is 0. The smallest absolute Gasteiger partial charge is 0.410 e. The Bertz CT molecular complexity index is 998. The van der Waals surface area contributed by atoms with Crippen LogP contribution in [0.25, 0.3) is 0 Å². The Kier molecular flexibility index (Phi) is 7.52. The lowest BCUT2D eigenvalue weighted by atomic mass is 9.86. The average Bonchev–Trinajstić information content (AvgIpc) is 3.42. The number of carbonyl (C=O) groups is 1. The third-order valence-corrected chi connectivity index (χ3v) is 8.53. The van der Waals surface area contributed by atoms with Gasteiger partial charge in [0.2, 0.25) is 16.0 Å². The van der Waals surface area contributed by atoms with E-state index >= 15 is 0 Å². The largest absolute Gasteiger partial charge is 0.447 e. The second-order valence-electron chi connectivity index (χ2n) is 9.95. The highest BCUT2D eigenvalue weighted by atomic mass is 79.9. The summed E-state index contributed by atoms with van der Waals surface area (Å²) in [6.07, 6.45) is 6.71. The van der Waals surface area contributed by atoms with E-state index in [-0.39, 0.29) is 30.3 Å². The van der Waals surface area contributed by atoms with Crippen molar-refractivity contribution in [2.24, 2.45) is 5.92 Å². The minimum atomic E-state index is -4.09. The molecule has 0 aromatic carbocycles. The van der Waals surface area contributed by atoms with Gasteiger partial charge in [0, 0.05) is 29.9 Å². The standard InChI is InChI=1S/C22H32BrFN4O5S/c1-13(2)33-21(29)28-14(3)6-18(27-34(30,31)12-24)19(28)11-32-17-4-5-22(8-15(22)7-17)20-25-9-16(23)10-26-20/h9-10,13-15,17-19,27H,4-8,11-12H2,1-3H3/t14-,15+,17-,18+,19+,22+/m1/s1. The van der Waals surface area contributed by atoms with Crippen LogP contribution in [0.5, 0.6) is 0 Å². The number of fused-ring (bicyclic) bond motifs is 1. The summed E-state index contributed by atoms with van der Waals surface area (Å²) in [5.41, 5.74) is 0.0227. The van der Waals surface area contributed by atoms with Gasteiger partial charge in [0.1, 0.15) is 5.82 Å². The number of halogens is 2. The zero-order valence-electron chi connectivity index (χ0n) is 19.6. The molecular formula is C22H32BrFN4O5S. The first kappa shape index (κ1) is 25.7. The maximum atomic E-state index is 13.0. The number of aromatic nitrogens is 2. The third kappa shape index (κ3) is 5.39. The number of nitrogens with zero attached hydrogens (tertiary/aromatic N) is 3. The number of likely N-dealkylation sites (tertiary alicyclic amines) is 1. The number of amides is 1. The van der Waals surface area contributed by atoms with E-state index in [1.807, 2.05) is 6.92 Å². The predicted octanol–water partition coefficient (Wildman–Crippen LogP) is 3.29. The first-order valence-corrected chi connectivity index (χ1v) is 14.1. The van der Waals surface area contributed by atoms with Crippen LogP contribution in [0.1, 0.15) is 58.7 Å². The lowest BCUT2D eigenvalue weighted by molar-refractivity contribution is -0.0147. The van der Waals surface area contributed by atoms with E-state index in [0.717, 1.165) is 36.0 Å². The molecule has 0 bridgehead atoms. The third-order valence-electron chi connectivity index (χ3n) is 7.17. The van der Waals surface area contributed by atoms with E-state index in [2.05, 4.69) is 30.6 Å². The van der Waals surface area contributed by atoms with Gasteiger partial charge in [0.25, 0.3) is 0 Å². The number of nitrogens with one attached hydrogen (secondary N) is 1. The van der Waals surface area contributed by atoms with Gasteiger partial charge in [-0.15, -0.1) is 0 Å². The van der Waals surface area contributed by atoms with Crippen molar-refractivity contribution in [3.63, 3.8) is 0 Å². The van der Waals surface area contributed by atoms with Crippen LogP contribution in [0.2, 0.25) is 0 Å². The highest BCUT2D eigenvalue weighted by Gasteiger charge is 2.60. The molecule has 1 amide bonds. The SMILES string of the molecule is CC(C)OC(=O)N1[C@H](C)C[C@H](NS(=O)(=O)CF)[C@@H]1CO[C@@H]1CC[C@]2(c3ncc(Br)cn3)C[C@@H]2C1. The van der Waals surface area contributed by atoms with Crippen LogP contribution in [0.15, 0.2) is 16.9 Å². The molecule has 2 saturated carbocycles. The van der Waals surface area contributed by atoms with Crippen molar-refractivity contribution in [1.29, 1.82) is 0 Å². The average molecular weight is 563 g/mol. The monoisotopic (exact) mass is 562 g/mol. The van der Waals surface area contributed by atoms with Gasteiger partial charge in [-0.05, 0) is 74.7 Å². The number of hydrogen-bond donors (Lipinski definition) is 1. The Morgan fingerprint density at radius 3 is 2.68 bits per heavy atom. The fourth-order valence-corrected chi connectivity index (χ4v) is 6.49. The van der Waals surface area contributed by atoms with Gasteiger partial charge in [-0.1, -0.05) is 0 Å². The van der Waals surface area contributed by atoms with Gasteiger partial charge >= 0.3 is 6.09 Å². The molecule has 3 fully saturated rings. The van der Waals surface area contributed by atoms with Crippen LogP contribution in [-0.2, 0) is 24.9 Å². The molecule has 4 rings (SSSR count). The van der Waals surface area contributed by atoms with Gasteiger partial charge in [0.15, 0.2) is 0 Å². The molecule has 1 aliphatic heterocycles. The van der Waals surface area contributed by atoms with Gasteiger partial charge in [-0.2, -0.15) is 0 Å². The molecule has 1 aromatic rings. The van der Waals surface area contributed by atoms with Gasteiger partial charge in [0.05, 0.1) is 29.3 Å². The lowest BCUT2D eigenvalue weighted by Gasteiger charge is -2.33. The quantitative estimate of drug-likeness (QED) is 0.517. The van der Waals surface area contributed by atoms with Crippen LogP contribution in [-0.4, -0.2) is 72.3 Å². The fourth-order valence-electron chi connectivity index (χ4n) is 5.51. The molecule has 0 radical (unpaired) electrons. The molecule has 1 saturated heterocycles. The molecule has 12 heteroatoms. The fraction of sp³-hybridized carbons (Fsp3) is 0.773. The van der Waals surface area contributed by atoms with Crippen molar-refractivity contribution < 1.29 is 27.1 Å². The first-order valence-electron chi connectivity index (χ1n) is 11.7. The minimum absolute atomic E-state index is 0.00613. The van der Waals surface area contributed by atoms with Crippen molar-refractivity contribution in [2.75, 3.05) is 12.6 Å². The van der Waals surface area contributed by atoms with E-state index in [1.165, 1.54) is 4.90 Å². The van der Waals surface area contributed by atoms with Crippen molar-refractivity contribution in [3.05, 3.63) is 22.7 Å². The van der Waals surface area contributed by atoms with Crippen LogP contribution < -0.4 is 4.72 Å². The first-order chi connectivity index (χ1) is 16.0. The number of sulfonamides is 1. The van der Waals surface area contributed by atoms with Crippen molar-refractivity contribution in [1.82, 2.24) is 19.6 Å². The number of alkyl halides is 1. The number of carbonyl (C=O) groups excluding carboxylic acids is 1. The number of hydrogen-bond acceptors (Lipinski definition) is 7. The minimum Gasteiger partial charge on any atom is -0.447 e. The molecule has 34 heavy (non-hydrogen) atoms. The molecule has 190 valence electrons. The zero-order valence-corrected chi connectivity index (χ0v) is 22.0. The molecule has 1 N–H and O–H groups in total. The van der Waals surface area contributed by atoms with Gasteiger partial charge < -0.3 is 9.47 Å². The number of rotatable bonds is 8. The highest BCUT2D eigenvalue weighted by molar-refractivity contribution is 9.10. The Morgan fingerprint density at radius 2 is 2.06 bits per heavy atom. The second kappa shape index (κ2) is 9.94.